The van der Waals surface area contributed by atoms with Gasteiger partial charge in [-0.3, -0.25) is 9.59 Å². The Morgan fingerprint density at radius 2 is 1.75 bits per heavy atom. The molecule has 2 aromatic rings. The number of aliphatic carboxylic acids is 1. The zero-order valence-electron chi connectivity index (χ0n) is 15.2. The van der Waals surface area contributed by atoms with Crippen molar-refractivity contribution in [2.45, 2.75) is 26.4 Å². The summed E-state index contributed by atoms with van der Waals surface area (Å²) in [6.07, 6.45) is -5.65. The number of alkyl halides is 3. The number of amides is 1. The van der Waals surface area contributed by atoms with Crippen LogP contribution in [-0.4, -0.2) is 45.7 Å². The third-order valence-corrected chi connectivity index (χ3v) is 5.25. The second-order valence-electron chi connectivity index (χ2n) is 6.96. The van der Waals surface area contributed by atoms with E-state index in [1.54, 1.807) is 18.4 Å². The number of halogens is 4. The van der Waals surface area contributed by atoms with Crippen LogP contribution in [0.25, 0.3) is 5.69 Å². The van der Waals surface area contributed by atoms with Crippen LogP contribution in [0.3, 0.4) is 0 Å². The fraction of sp³-hybridized carbons (Fsp3) is 0.368. The molecule has 1 amide bonds. The molecule has 1 aliphatic heterocycles. The third kappa shape index (κ3) is 3.04. The van der Waals surface area contributed by atoms with E-state index >= 15 is 0 Å². The molecule has 2 heterocycles. The molecule has 5 nitrogen and oxygen atoms in total. The van der Waals surface area contributed by atoms with Gasteiger partial charge < -0.3 is 14.6 Å². The van der Waals surface area contributed by atoms with Crippen LogP contribution in [-0.2, 0) is 4.79 Å². The lowest BCUT2D eigenvalue weighted by Crippen LogP contribution is -2.47. The standard InChI is InChI=1S/C19H18F4N2O3/c1-11-9-15(12(2)25(11)14-5-3-13(20)4-6-14)16(26)24-8-7-18(10-24,17(27)28)19(21,22)23/h3-6,9H,7-8,10H2,1-2H3,(H,27,28). The van der Waals surface area contributed by atoms with Crippen LogP contribution in [0.4, 0.5) is 17.6 Å². The highest BCUT2D eigenvalue weighted by Crippen LogP contribution is 2.46. The molecule has 0 aliphatic carbocycles. The lowest BCUT2D eigenvalue weighted by molar-refractivity contribution is -0.227. The van der Waals surface area contributed by atoms with E-state index in [-0.39, 0.29) is 12.1 Å². The van der Waals surface area contributed by atoms with E-state index in [2.05, 4.69) is 0 Å². The first-order valence-electron chi connectivity index (χ1n) is 8.52. The molecule has 0 bridgehead atoms. The fourth-order valence-electron chi connectivity index (χ4n) is 3.65. The molecule has 28 heavy (non-hydrogen) atoms. The number of hydrogen-bond acceptors (Lipinski definition) is 2. The smallest absolute Gasteiger partial charge is 0.406 e. The number of carbonyl (C=O) groups excluding carboxylic acids is 1. The summed E-state index contributed by atoms with van der Waals surface area (Å²) < 4.78 is 54.9. The Kier molecular flexibility index (Phi) is 4.73. The number of nitrogens with zero attached hydrogens (tertiary/aromatic N) is 2. The van der Waals surface area contributed by atoms with Crippen LogP contribution in [0.15, 0.2) is 30.3 Å². The molecule has 1 aliphatic rings. The molecule has 1 fully saturated rings. The molecular weight excluding hydrogens is 380 g/mol. The Labute approximate surface area is 158 Å². The van der Waals surface area contributed by atoms with Crippen LogP contribution in [0.5, 0.6) is 0 Å². The van der Waals surface area contributed by atoms with Crippen molar-refractivity contribution in [2.24, 2.45) is 5.41 Å². The van der Waals surface area contributed by atoms with Crippen molar-refractivity contribution in [1.82, 2.24) is 9.47 Å². The largest absolute Gasteiger partial charge is 0.481 e. The first-order chi connectivity index (χ1) is 13.0. The molecular formula is C19H18F4N2O3. The van der Waals surface area contributed by atoms with Gasteiger partial charge >= 0.3 is 12.1 Å². The van der Waals surface area contributed by atoms with Crippen molar-refractivity contribution in [3.8, 4) is 5.69 Å². The van der Waals surface area contributed by atoms with Crippen molar-refractivity contribution in [2.75, 3.05) is 13.1 Å². The summed E-state index contributed by atoms with van der Waals surface area (Å²) in [6, 6.07) is 7.12. The van der Waals surface area contributed by atoms with Gasteiger partial charge in [-0.25, -0.2) is 4.39 Å². The number of carbonyl (C=O) groups is 2. The van der Waals surface area contributed by atoms with Gasteiger partial charge in [0.2, 0.25) is 0 Å². The van der Waals surface area contributed by atoms with Crippen molar-refractivity contribution >= 4 is 11.9 Å². The first kappa shape index (κ1) is 19.9. The van der Waals surface area contributed by atoms with Crippen LogP contribution in [0, 0.1) is 25.1 Å². The number of carboxylic acids is 1. The summed E-state index contributed by atoms with van der Waals surface area (Å²) in [7, 11) is 0. The highest BCUT2D eigenvalue weighted by atomic mass is 19.4. The van der Waals surface area contributed by atoms with Crippen LogP contribution in [0.2, 0.25) is 0 Å². The number of carboxylic acid groups (broad SMARTS) is 1. The SMILES string of the molecule is Cc1cc(C(=O)N2CCC(C(=O)O)(C(F)(F)F)C2)c(C)n1-c1ccc(F)cc1. The van der Waals surface area contributed by atoms with Gasteiger partial charge in [0.1, 0.15) is 5.82 Å². The summed E-state index contributed by atoms with van der Waals surface area (Å²) in [5, 5.41) is 9.15. The number of aromatic nitrogens is 1. The molecule has 1 unspecified atom stereocenters. The van der Waals surface area contributed by atoms with Crippen molar-refractivity contribution < 1.29 is 32.3 Å². The summed E-state index contributed by atoms with van der Waals surface area (Å²) >= 11 is 0. The van der Waals surface area contributed by atoms with Crippen LogP contribution >= 0.6 is 0 Å². The van der Waals surface area contributed by atoms with E-state index in [4.69, 9.17) is 5.11 Å². The first-order valence-corrected chi connectivity index (χ1v) is 8.52. The quantitative estimate of drug-likeness (QED) is 0.802. The van der Waals surface area contributed by atoms with Gasteiger partial charge in [0.05, 0.1) is 5.56 Å². The second-order valence-corrected chi connectivity index (χ2v) is 6.96. The Hall–Kier alpha value is -2.84. The molecule has 1 aromatic heterocycles. The number of benzene rings is 1. The topological polar surface area (TPSA) is 62.5 Å². The molecule has 0 saturated carbocycles. The zero-order valence-corrected chi connectivity index (χ0v) is 15.2. The number of likely N-dealkylation sites (tertiary alicyclic amines) is 1. The van der Waals surface area contributed by atoms with E-state index < -0.39 is 42.3 Å². The number of rotatable bonds is 3. The number of aryl methyl sites for hydroxylation is 1. The Morgan fingerprint density at radius 1 is 1.14 bits per heavy atom. The minimum Gasteiger partial charge on any atom is -0.481 e. The zero-order chi connectivity index (χ0) is 20.9. The van der Waals surface area contributed by atoms with Crippen molar-refractivity contribution in [1.29, 1.82) is 0 Å². The summed E-state index contributed by atoms with van der Waals surface area (Å²) in [5.41, 5.74) is -1.04. The molecule has 1 atom stereocenters. The predicted molar refractivity (Wildman–Crippen MR) is 91.8 cm³/mol. The number of hydrogen-bond donors (Lipinski definition) is 1. The van der Waals surface area contributed by atoms with E-state index in [0.717, 1.165) is 4.90 Å². The minimum atomic E-state index is -4.96. The molecule has 3 rings (SSSR count). The average molecular weight is 398 g/mol. The monoisotopic (exact) mass is 398 g/mol. The second kappa shape index (κ2) is 6.65. The summed E-state index contributed by atoms with van der Waals surface area (Å²) in [6.45, 7) is 2.12. The van der Waals surface area contributed by atoms with E-state index in [0.29, 0.717) is 17.1 Å². The third-order valence-electron chi connectivity index (χ3n) is 5.25. The van der Waals surface area contributed by atoms with Gasteiger partial charge in [0.15, 0.2) is 5.41 Å². The Morgan fingerprint density at radius 3 is 2.25 bits per heavy atom. The molecule has 1 saturated heterocycles. The molecule has 9 heteroatoms. The van der Waals surface area contributed by atoms with Crippen molar-refractivity contribution in [3.05, 3.63) is 53.1 Å². The highest BCUT2D eigenvalue weighted by molar-refractivity contribution is 5.96. The Balaban J connectivity index is 1.93. The van der Waals surface area contributed by atoms with Gasteiger partial charge in [-0.1, -0.05) is 0 Å². The predicted octanol–water partition coefficient (Wildman–Crippen LogP) is 3.71. The molecule has 0 spiro atoms. The fourth-order valence-corrected chi connectivity index (χ4v) is 3.65. The lowest BCUT2D eigenvalue weighted by Gasteiger charge is -2.27. The maximum atomic E-state index is 13.4. The lowest BCUT2D eigenvalue weighted by atomic mass is 9.86. The normalized spacial score (nSPS) is 19.9. The maximum Gasteiger partial charge on any atom is 0.406 e. The average Bonchev–Trinajstić information content (AvgIpc) is 3.18. The van der Waals surface area contributed by atoms with E-state index in [1.807, 2.05) is 0 Å². The molecule has 1 aromatic carbocycles. The van der Waals surface area contributed by atoms with Gasteiger partial charge in [0, 0.05) is 30.2 Å². The van der Waals surface area contributed by atoms with Gasteiger partial charge in [-0.2, -0.15) is 13.2 Å². The summed E-state index contributed by atoms with van der Waals surface area (Å²) in [5.74, 6) is -3.06. The molecule has 150 valence electrons. The molecule has 0 radical (unpaired) electrons. The van der Waals surface area contributed by atoms with Gasteiger partial charge in [-0.05, 0) is 50.6 Å². The van der Waals surface area contributed by atoms with E-state index in [1.165, 1.54) is 30.3 Å². The van der Waals surface area contributed by atoms with Crippen LogP contribution in [0.1, 0.15) is 28.2 Å². The summed E-state index contributed by atoms with van der Waals surface area (Å²) in [4.78, 5) is 25.1. The maximum absolute atomic E-state index is 13.4. The molecule has 1 N–H and O–H groups in total. The minimum absolute atomic E-state index is 0.185. The van der Waals surface area contributed by atoms with Gasteiger partial charge in [-0.15, -0.1) is 0 Å². The van der Waals surface area contributed by atoms with E-state index in [9.17, 15) is 27.2 Å². The van der Waals surface area contributed by atoms with Gasteiger partial charge in [0.25, 0.3) is 5.91 Å². The van der Waals surface area contributed by atoms with Crippen molar-refractivity contribution in [3.63, 3.8) is 0 Å². The highest BCUT2D eigenvalue weighted by Gasteiger charge is 2.64. The van der Waals surface area contributed by atoms with Crippen LogP contribution < -0.4 is 0 Å². The Bertz CT molecular complexity index is 934.